The van der Waals surface area contributed by atoms with Crippen LogP contribution in [0.4, 0.5) is 0 Å². The van der Waals surface area contributed by atoms with Crippen molar-refractivity contribution in [3.63, 3.8) is 0 Å². The van der Waals surface area contributed by atoms with Crippen molar-refractivity contribution in [3.8, 4) is 0 Å². The summed E-state index contributed by atoms with van der Waals surface area (Å²) in [4.78, 5) is 27.8. The zero-order valence-electron chi connectivity index (χ0n) is 18.2. The van der Waals surface area contributed by atoms with E-state index in [4.69, 9.17) is 0 Å². The smallest absolute Gasteiger partial charge is 0.251 e. The van der Waals surface area contributed by atoms with E-state index in [0.29, 0.717) is 12.1 Å². The quantitative estimate of drug-likeness (QED) is 0.704. The molecule has 1 aliphatic carbocycles. The molecule has 5 nitrogen and oxygen atoms in total. The van der Waals surface area contributed by atoms with Gasteiger partial charge in [-0.15, -0.1) is 0 Å². The van der Waals surface area contributed by atoms with E-state index in [1.807, 2.05) is 32.9 Å². The number of carbonyl (C=O) groups is 2. The number of benzene rings is 1. The van der Waals surface area contributed by atoms with Gasteiger partial charge < -0.3 is 15.5 Å². The molecule has 2 rings (SSSR count). The van der Waals surface area contributed by atoms with Gasteiger partial charge in [-0.2, -0.15) is 0 Å². The average molecular weight is 388 g/mol. The molecule has 0 spiro atoms. The minimum Gasteiger partial charge on any atom is -0.352 e. The molecule has 28 heavy (non-hydrogen) atoms. The van der Waals surface area contributed by atoms with Crippen molar-refractivity contribution in [2.45, 2.75) is 70.9 Å². The van der Waals surface area contributed by atoms with Crippen LogP contribution in [0.3, 0.4) is 0 Å². The number of amides is 2. The van der Waals surface area contributed by atoms with Gasteiger partial charge in [-0.25, -0.2) is 0 Å². The lowest BCUT2D eigenvalue weighted by atomic mass is 9.88. The number of hydrogen-bond donors (Lipinski definition) is 2. The summed E-state index contributed by atoms with van der Waals surface area (Å²) < 4.78 is 0. The van der Waals surface area contributed by atoms with Gasteiger partial charge in [-0.3, -0.25) is 9.59 Å². The van der Waals surface area contributed by atoms with Gasteiger partial charge in [0.05, 0.1) is 0 Å². The highest BCUT2D eigenvalue weighted by Crippen LogP contribution is 2.30. The van der Waals surface area contributed by atoms with Crippen molar-refractivity contribution < 1.29 is 9.59 Å². The molecule has 0 heterocycles. The van der Waals surface area contributed by atoms with Gasteiger partial charge in [0.2, 0.25) is 5.91 Å². The van der Waals surface area contributed by atoms with Crippen molar-refractivity contribution in [3.05, 3.63) is 35.4 Å². The first kappa shape index (κ1) is 22.4. The normalized spacial score (nSPS) is 17.8. The monoisotopic (exact) mass is 387 g/mol. The third kappa shape index (κ3) is 5.81. The second-order valence-electron chi connectivity index (χ2n) is 8.81. The fourth-order valence-electron chi connectivity index (χ4n) is 3.99. The number of rotatable bonds is 7. The first-order valence-electron chi connectivity index (χ1n) is 10.6. The third-order valence-corrected chi connectivity index (χ3v) is 6.12. The molecule has 156 valence electrons. The minimum absolute atomic E-state index is 0.00859. The summed E-state index contributed by atoms with van der Waals surface area (Å²) in [6, 6.07) is 6.87. The highest BCUT2D eigenvalue weighted by Gasteiger charge is 2.34. The van der Waals surface area contributed by atoms with Crippen molar-refractivity contribution in [2.75, 3.05) is 20.6 Å². The van der Waals surface area contributed by atoms with Crippen LogP contribution < -0.4 is 10.6 Å². The summed E-state index contributed by atoms with van der Waals surface area (Å²) in [5.74, 6) is -0.287. The number of carbonyl (C=O) groups excluding carboxylic acids is 2. The van der Waals surface area contributed by atoms with Crippen LogP contribution in [0.2, 0.25) is 0 Å². The molecule has 1 fully saturated rings. The summed E-state index contributed by atoms with van der Waals surface area (Å²) in [7, 11) is 4.22. The molecule has 0 radical (unpaired) electrons. The Balaban J connectivity index is 2.03. The van der Waals surface area contributed by atoms with Crippen molar-refractivity contribution >= 4 is 11.8 Å². The van der Waals surface area contributed by atoms with E-state index in [2.05, 4.69) is 29.6 Å². The summed E-state index contributed by atoms with van der Waals surface area (Å²) in [5, 5.41) is 6.08. The summed E-state index contributed by atoms with van der Waals surface area (Å²) in [5.41, 5.74) is 1.69. The second kappa shape index (κ2) is 10.1. The number of likely N-dealkylation sites (N-methyl/N-ethyl adjacent to an activating group) is 1. The third-order valence-electron chi connectivity index (χ3n) is 6.12. The zero-order chi connectivity index (χ0) is 20.7. The van der Waals surface area contributed by atoms with E-state index in [-0.39, 0.29) is 23.3 Å². The molecule has 1 aliphatic rings. The predicted octanol–water partition coefficient (Wildman–Crippen LogP) is 3.52. The van der Waals surface area contributed by atoms with Crippen molar-refractivity contribution in [2.24, 2.45) is 5.92 Å². The Bertz CT molecular complexity index is 644. The Morgan fingerprint density at radius 2 is 1.61 bits per heavy atom. The molecular weight excluding hydrogens is 350 g/mol. The highest BCUT2D eigenvalue weighted by atomic mass is 16.2. The Labute approximate surface area is 170 Å². The molecule has 0 aromatic heterocycles. The molecule has 1 unspecified atom stereocenters. The topological polar surface area (TPSA) is 61.4 Å². The Morgan fingerprint density at radius 3 is 2.11 bits per heavy atom. The van der Waals surface area contributed by atoms with Gasteiger partial charge in [0.25, 0.3) is 5.91 Å². The maximum atomic E-state index is 13.0. The van der Waals surface area contributed by atoms with E-state index < -0.39 is 6.04 Å². The maximum absolute atomic E-state index is 13.0. The molecular formula is C23H37N3O2. The first-order chi connectivity index (χ1) is 13.2. The summed E-state index contributed by atoms with van der Waals surface area (Å²) in [6.45, 7) is 6.54. The van der Waals surface area contributed by atoms with E-state index in [1.54, 1.807) is 12.1 Å². The maximum Gasteiger partial charge on any atom is 0.251 e. The molecule has 1 aromatic carbocycles. The van der Waals surface area contributed by atoms with Crippen LogP contribution in [-0.2, 0) is 4.79 Å². The number of aryl methyl sites for hydroxylation is 1. The molecule has 1 aromatic rings. The van der Waals surface area contributed by atoms with Gasteiger partial charge >= 0.3 is 0 Å². The van der Waals surface area contributed by atoms with Crippen molar-refractivity contribution in [1.29, 1.82) is 0 Å². The number of nitrogens with one attached hydrogen (secondary N) is 2. The molecule has 2 N–H and O–H groups in total. The van der Waals surface area contributed by atoms with Gasteiger partial charge in [0, 0.05) is 17.6 Å². The molecule has 2 amide bonds. The summed E-state index contributed by atoms with van der Waals surface area (Å²) in [6.07, 6.45) is 7.14. The van der Waals surface area contributed by atoms with Crippen LogP contribution in [0.15, 0.2) is 24.3 Å². The standard InChI is InChI=1S/C23H37N3O2/c1-17(2)20(25-21(27)19-12-10-18(3)11-13-19)22(28)24-16-23(26(4)5)14-8-6-7-9-15-23/h10-13,17,20H,6-9,14-16H2,1-5H3,(H,24,28)(H,25,27). The van der Waals surface area contributed by atoms with Crippen LogP contribution in [0, 0.1) is 12.8 Å². The number of nitrogens with zero attached hydrogens (tertiary/aromatic N) is 1. The number of hydrogen-bond acceptors (Lipinski definition) is 3. The first-order valence-corrected chi connectivity index (χ1v) is 10.6. The van der Waals surface area contributed by atoms with Crippen molar-refractivity contribution in [1.82, 2.24) is 15.5 Å². The SMILES string of the molecule is Cc1ccc(C(=O)NC(C(=O)NCC2(N(C)C)CCCCCC2)C(C)C)cc1. The largest absolute Gasteiger partial charge is 0.352 e. The van der Waals surface area contributed by atoms with E-state index >= 15 is 0 Å². The van der Waals surface area contributed by atoms with Crippen LogP contribution in [0.5, 0.6) is 0 Å². The van der Waals surface area contributed by atoms with Gasteiger partial charge in [-0.05, 0) is 51.9 Å². The Kier molecular flexibility index (Phi) is 8.05. The zero-order valence-corrected chi connectivity index (χ0v) is 18.2. The molecule has 1 saturated carbocycles. The predicted molar refractivity (Wildman–Crippen MR) is 114 cm³/mol. The second-order valence-corrected chi connectivity index (χ2v) is 8.81. The molecule has 0 bridgehead atoms. The fraction of sp³-hybridized carbons (Fsp3) is 0.652. The lowest BCUT2D eigenvalue weighted by Gasteiger charge is -2.40. The van der Waals surface area contributed by atoms with Gasteiger partial charge in [-0.1, -0.05) is 57.2 Å². The van der Waals surface area contributed by atoms with E-state index in [0.717, 1.165) is 18.4 Å². The fourth-order valence-corrected chi connectivity index (χ4v) is 3.99. The highest BCUT2D eigenvalue weighted by molar-refractivity contribution is 5.97. The van der Waals surface area contributed by atoms with E-state index in [9.17, 15) is 9.59 Å². The molecule has 1 atom stereocenters. The lowest BCUT2D eigenvalue weighted by Crippen LogP contribution is -2.56. The molecule has 5 heteroatoms. The van der Waals surface area contributed by atoms with Crippen LogP contribution in [-0.4, -0.2) is 48.9 Å². The Morgan fingerprint density at radius 1 is 1.04 bits per heavy atom. The lowest BCUT2D eigenvalue weighted by molar-refractivity contribution is -0.124. The van der Waals surface area contributed by atoms with Gasteiger partial charge in [0.1, 0.15) is 6.04 Å². The van der Waals surface area contributed by atoms with Gasteiger partial charge in [0.15, 0.2) is 0 Å². The van der Waals surface area contributed by atoms with E-state index in [1.165, 1.54) is 25.7 Å². The van der Waals surface area contributed by atoms with Crippen LogP contribution in [0.25, 0.3) is 0 Å². The molecule has 0 aliphatic heterocycles. The van der Waals surface area contributed by atoms with Crippen LogP contribution in [0.1, 0.15) is 68.3 Å². The Hall–Kier alpha value is -1.88. The molecule has 0 saturated heterocycles. The average Bonchev–Trinajstić information content (AvgIpc) is 2.91. The summed E-state index contributed by atoms with van der Waals surface area (Å²) >= 11 is 0. The minimum atomic E-state index is -0.543. The van der Waals surface area contributed by atoms with Crippen LogP contribution >= 0.6 is 0 Å².